The monoisotopic (exact) mass is 428 g/mol. The Morgan fingerprint density at radius 3 is 2.80 bits per heavy atom. The number of hydrogen-bond donors (Lipinski definition) is 0. The third kappa shape index (κ3) is 3.24. The summed E-state index contributed by atoms with van der Waals surface area (Å²) in [4.78, 5) is -0.286. The summed E-state index contributed by atoms with van der Waals surface area (Å²) in [5.74, 6) is 0.102. The molecular formula is C16H18BrFN4O2S. The van der Waals surface area contributed by atoms with Gasteiger partial charge >= 0.3 is 0 Å². The van der Waals surface area contributed by atoms with Gasteiger partial charge in [0.05, 0.1) is 0 Å². The van der Waals surface area contributed by atoms with Crippen molar-refractivity contribution in [2.45, 2.75) is 42.5 Å². The van der Waals surface area contributed by atoms with Crippen LogP contribution >= 0.6 is 15.9 Å². The molecule has 25 heavy (non-hydrogen) atoms. The number of halogens is 2. The first-order chi connectivity index (χ1) is 12.0. The normalized spacial score (nSPS) is 22.2. The van der Waals surface area contributed by atoms with Gasteiger partial charge in [-0.05, 0) is 43.9 Å². The third-order valence-corrected chi connectivity index (χ3v) is 7.17. The van der Waals surface area contributed by atoms with Crippen LogP contribution in [-0.2, 0) is 10.0 Å². The van der Waals surface area contributed by atoms with E-state index in [1.54, 1.807) is 6.33 Å². The molecule has 0 spiro atoms. The number of sulfonamides is 1. The molecule has 1 aliphatic heterocycles. The van der Waals surface area contributed by atoms with Crippen LogP contribution < -0.4 is 0 Å². The summed E-state index contributed by atoms with van der Waals surface area (Å²) >= 11 is 3.22. The first kappa shape index (κ1) is 17.1. The Morgan fingerprint density at radius 2 is 2.04 bits per heavy atom. The van der Waals surface area contributed by atoms with Crippen molar-refractivity contribution in [2.75, 3.05) is 13.1 Å². The zero-order chi connectivity index (χ0) is 17.6. The SMILES string of the molecule is O=S(=O)(c1cc(Br)ccc1F)N1CCCC(c2nncn2C2CC2)C1. The predicted octanol–water partition coefficient (Wildman–Crippen LogP) is 3.08. The lowest BCUT2D eigenvalue weighted by Crippen LogP contribution is -2.40. The molecule has 4 rings (SSSR count). The highest BCUT2D eigenvalue weighted by atomic mass is 79.9. The van der Waals surface area contributed by atoms with E-state index in [2.05, 4.69) is 30.7 Å². The second kappa shape index (κ2) is 6.44. The molecule has 1 saturated heterocycles. The first-order valence-electron chi connectivity index (χ1n) is 8.31. The fourth-order valence-electron chi connectivity index (χ4n) is 3.36. The Kier molecular flexibility index (Phi) is 4.41. The molecule has 2 aromatic rings. The number of nitrogens with zero attached hydrogens (tertiary/aromatic N) is 4. The van der Waals surface area contributed by atoms with Gasteiger partial charge < -0.3 is 4.57 Å². The van der Waals surface area contributed by atoms with Crippen molar-refractivity contribution in [1.29, 1.82) is 0 Å². The van der Waals surface area contributed by atoms with Gasteiger partial charge in [0, 0.05) is 29.5 Å². The molecule has 9 heteroatoms. The summed E-state index contributed by atoms with van der Waals surface area (Å²) in [6.07, 6.45) is 5.54. The molecule has 134 valence electrons. The zero-order valence-electron chi connectivity index (χ0n) is 13.5. The molecule has 1 saturated carbocycles. The molecule has 0 amide bonds. The number of aromatic nitrogens is 3. The van der Waals surface area contributed by atoms with Gasteiger partial charge in [0.25, 0.3) is 0 Å². The predicted molar refractivity (Wildman–Crippen MR) is 93.1 cm³/mol. The zero-order valence-corrected chi connectivity index (χ0v) is 15.9. The quantitative estimate of drug-likeness (QED) is 0.749. The van der Waals surface area contributed by atoms with Gasteiger partial charge in [0.1, 0.15) is 22.9 Å². The van der Waals surface area contributed by atoms with Crippen LogP contribution in [-0.4, -0.2) is 40.6 Å². The standard InChI is InChI=1S/C16H18BrFN4O2S/c17-12-3-6-14(18)15(8-12)25(23,24)21-7-1-2-11(9-21)16-20-19-10-22(16)13-4-5-13/h3,6,8,10-11,13H,1-2,4-5,7,9H2. The van der Waals surface area contributed by atoms with Crippen LogP contribution in [0.25, 0.3) is 0 Å². The molecule has 0 N–H and O–H groups in total. The van der Waals surface area contributed by atoms with Crippen LogP contribution in [0.1, 0.15) is 43.5 Å². The van der Waals surface area contributed by atoms with Crippen molar-refractivity contribution in [3.63, 3.8) is 0 Å². The smallest absolute Gasteiger partial charge is 0.246 e. The summed E-state index contributed by atoms with van der Waals surface area (Å²) in [5.41, 5.74) is 0. The number of benzene rings is 1. The van der Waals surface area contributed by atoms with E-state index in [0.29, 0.717) is 23.6 Å². The van der Waals surface area contributed by atoms with Gasteiger partial charge in [-0.2, -0.15) is 4.31 Å². The van der Waals surface area contributed by atoms with Crippen LogP contribution in [0.15, 0.2) is 33.9 Å². The van der Waals surface area contributed by atoms with E-state index < -0.39 is 15.8 Å². The Labute approximate surface area is 154 Å². The summed E-state index contributed by atoms with van der Waals surface area (Å²) in [6, 6.07) is 4.42. The fraction of sp³-hybridized carbons (Fsp3) is 0.500. The van der Waals surface area contributed by atoms with Gasteiger partial charge in [0.2, 0.25) is 10.0 Å². The van der Waals surface area contributed by atoms with E-state index >= 15 is 0 Å². The first-order valence-corrected chi connectivity index (χ1v) is 10.5. The Morgan fingerprint density at radius 1 is 1.24 bits per heavy atom. The Hall–Kier alpha value is -1.32. The second-order valence-corrected chi connectivity index (χ2v) is 9.43. The molecule has 0 bridgehead atoms. The molecule has 2 aliphatic rings. The minimum atomic E-state index is -3.89. The van der Waals surface area contributed by atoms with Gasteiger partial charge in [-0.1, -0.05) is 15.9 Å². The minimum absolute atomic E-state index is 0.0122. The summed E-state index contributed by atoms with van der Waals surface area (Å²) in [5, 5.41) is 8.24. The molecule has 1 aliphatic carbocycles. The van der Waals surface area contributed by atoms with E-state index in [-0.39, 0.29) is 10.8 Å². The molecule has 0 radical (unpaired) electrons. The molecule has 1 unspecified atom stereocenters. The minimum Gasteiger partial charge on any atom is -0.314 e. The van der Waals surface area contributed by atoms with Gasteiger partial charge in [-0.15, -0.1) is 10.2 Å². The van der Waals surface area contributed by atoms with Gasteiger partial charge in [0.15, 0.2) is 0 Å². The van der Waals surface area contributed by atoms with Crippen LogP contribution in [0.4, 0.5) is 4.39 Å². The van der Waals surface area contributed by atoms with E-state index in [0.717, 1.165) is 31.5 Å². The Bertz CT molecular complexity index is 897. The van der Waals surface area contributed by atoms with E-state index in [4.69, 9.17) is 0 Å². The average Bonchev–Trinajstić information content (AvgIpc) is 3.33. The molecule has 2 fully saturated rings. The highest BCUT2D eigenvalue weighted by Gasteiger charge is 2.36. The summed E-state index contributed by atoms with van der Waals surface area (Å²) < 4.78 is 44.0. The van der Waals surface area contributed by atoms with Crippen LogP contribution in [0.3, 0.4) is 0 Å². The van der Waals surface area contributed by atoms with Crippen LogP contribution in [0.2, 0.25) is 0 Å². The molecule has 2 heterocycles. The average molecular weight is 429 g/mol. The maximum absolute atomic E-state index is 14.1. The van der Waals surface area contributed by atoms with Crippen molar-refractivity contribution in [1.82, 2.24) is 19.1 Å². The van der Waals surface area contributed by atoms with Crippen molar-refractivity contribution in [2.24, 2.45) is 0 Å². The van der Waals surface area contributed by atoms with E-state index in [1.165, 1.54) is 22.5 Å². The molecule has 1 aromatic carbocycles. The largest absolute Gasteiger partial charge is 0.314 e. The van der Waals surface area contributed by atoms with Crippen molar-refractivity contribution < 1.29 is 12.8 Å². The lowest BCUT2D eigenvalue weighted by molar-refractivity contribution is 0.303. The number of piperidine rings is 1. The van der Waals surface area contributed by atoms with E-state index in [1.807, 2.05) is 0 Å². The lowest BCUT2D eigenvalue weighted by Gasteiger charge is -2.31. The van der Waals surface area contributed by atoms with Crippen molar-refractivity contribution >= 4 is 26.0 Å². The molecular weight excluding hydrogens is 411 g/mol. The maximum atomic E-state index is 14.1. The van der Waals surface area contributed by atoms with Crippen LogP contribution in [0, 0.1) is 5.82 Å². The molecule has 6 nitrogen and oxygen atoms in total. The summed E-state index contributed by atoms with van der Waals surface area (Å²) in [6.45, 7) is 0.696. The fourth-order valence-corrected chi connectivity index (χ4v) is 5.49. The number of rotatable bonds is 4. The van der Waals surface area contributed by atoms with Crippen LogP contribution in [0.5, 0.6) is 0 Å². The van der Waals surface area contributed by atoms with Crippen molar-refractivity contribution in [3.05, 3.63) is 40.6 Å². The Balaban J connectivity index is 1.62. The summed E-state index contributed by atoms with van der Waals surface area (Å²) in [7, 11) is -3.89. The topological polar surface area (TPSA) is 68.1 Å². The lowest BCUT2D eigenvalue weighted by atomic mass is 9.99. The highest BCUT2D eigenvalue weighted by Crippen LogP contribution is 2.38. The number of hydrogen-bond acceptors (Lipinski definition) is 4. The molecule has 1 atom stereocenters. The molecule has 1 aromatic heterocycles. The van der Waals surface area contributed by atoms with E-state index in [9.17, 15) is 12.8 Å². The third-order valence-electron chi connectivity index (χ3n) is 4.80. The second-order valence-electron chi connectivity index (χ2n) is 6.60. The highest BCUT2D eigenvalue weighted by molar-refractivity contribution is 9.10. The van der Waals surface area contributed by atoms with Gasteiger partial charge in [-0.25, -0.2) is 12.8 Å². The maximum Gasteiger partial charge on any atom is 0.246 e. The van der Waals surface area contributed by atoms with Crippen molar-refractivity contribution in [3.8, 4) is 0 Å². The van der Waals surface area contributed by atoms with Gasteiger partial charge in [-0.3, -0.25) is 0 Å².